The molecular formula is C20H21NO3. The molecule has 0 bridgehead atoms. The molecule has 0 aromatic heterocycles. The number of hydrogen-bond acceptors (Lipinski definition) is 3. The molecule has 2 aromatic carbocycles. The summed E-state index contributed by atoms with van der Waals surface area (Å²) >= 11 is 0. The Morgan fingerprint density at radius 3 is 2.54 bits per heavy atom. The summed E-state index contributed by atoms with van der Waals surface area (Å²) in [6.45, 7) is 3.61. The molecule has 0 radical (unpaired) electrons. The van der Waals surface area contributed by atoms with Crippen molar-refractivity contribution in [3.8, 4) is 17.6 Å². The van der Waals surface area contributed by atoms with E-state index in [0.717, 1.165) is 5.56 Å². The van der Waals surface area contributed by atoms with E-state index >= 15 is 0 Å². The highest BCUT2D eigenvalue weighted by Gasteiger charge is 2.13. The highest BCUT2D eigenvalue weighted by atomic mass is 16.3. The third kappa shape index (κ3) is 5.15. The van der Waals surface area contributed by atoms with E-state index in [-0.39, 0.29) is 11.7 Å². The number of aliphatic hydroxyl groups is 1. The van der Waals surface area contributed by atoms with Crippen LogP contribution in [0.1, 0.15) is 35.3 Å². The number of nitrogens with zero attached hydrogens (tertiary/aromatic N) is 1. The number of carbonyl (C=O) groups is 1. The van der Waals surface area contributed by atoms with Crippen LogP contribution >= 0.6 is 0 Å². The van der Waals surface area contributed by atoms with Crippen molar-refractivity contribution in [2.75, 3.05) is 7.05 Å². The average Bonchev–Trinajstić information content (AvgIpc) is 2.52. The summed E-state index contributed by atoms with van der Waals surface area (Å²) < 4.78 is 0. The first kappa shape index (κ1) is 17.6. The lowest BCUT2D eigenvalue weighted by Gasteiger charge is -2.17. The number of hydrogen-bond donors (Lipinski definition) is 2. The minimum Gasteiger partial charge on any atom is -0.508 e. The number of amides is 1. The van der Waals surface area contributed by atoms with Gasteiger partial charge in [0.05, 0.1) is 0 Å². The summed E-state index contributed by atoms with van der Waals surface area (Å²) in [5, 5.41) is 19.2. The largest absolute Gasteiger partial charge is 0.508 e. The van der Waals surface area contributed by atoms with Gasteiger partial charge in [-0.05, 0) is 49.7 Å². The van der Waals surface area contributed by atoms with E-state index in [4.69, 9.17) is 0 Å². The summed E-state index contributed by atoms with van der Waals surface area (Å²) in [5.74, 6) is 5.65. The minimum atomic E-state index is -1.08. The maximum atomic E-state index is 12.6. The molecule has 0 aliphatic rings. The Bertz CT molecular complexity index is 794. The van der Waals surface area contributed by atoms with E-state index in [1.807, 2.05) is 6.07 Å². The van der Waals surface area contributed by atoms with Gasteiger partial charge < -0.3 is 15.1 Å². The zero-order valence-corrected chi connectivity index (χ0v) is 14.1. The van der Waals surface area contributed by atoms with Gasteiger partial charge >= 0.3 is 0 Å². The van der Waals surface area contributed by atoms with Gasteiger partial charge in [0.1, 0.15) is 11.4 Å². The van der Waals surface area contributed by atoms with Crippen molar-refractivity contribution in [1.29, 1.82) is 0 Å². The van der Waals surface area contributed by atoms with E-state index < -0.39 is 5.60 Å². The van der Waals surface area contributed by atoms with Crippen LogP contribution in [0.2, 0.25) is 0 Å². The van der Waals surface area contributed by atoms with E-state index in [1.54, 1.807) is 68.3 Å². The second-order valence-electron chi connectivity index (χ2n) is 6.22. The smallest absolute Gasteiger partial charge is 0.253 e. The van der Waals surface area contributed by atoms with Crippen LogP contribution in [0.25, 0.3) is 0 Å². The Balaban J connectivity index is 2.15. The summed E-state index contributed by atoms with van der Waals surface area (Å²) in [4.78, 5) is 14.1. The second kappa shape index (κ2) is 7.20. The lowest BCUT2D eigenvalue weighted by atomic mass is 10.1. The first-order valence-electron chi connectivity index (χ1n) is 7.63. The molecule has 0 saturated carbocycles. The Morgan fingerprint density at radius 1 is 1.17 bits per heavy atom. The van der Waals surface area contributed by atoms with Crippen LogP contribution < -0.4 is 0 Å². The summed E-state index contributed by atoms with van der Waals surface area (Å²) in [6, 6.07) is 13.8. The van der Waals surface area contributed by atoms with Crippen molar-refractivity contribution in [2.45, 2.75) is 26.0 Å². The Kier molecular flexibility index (Phi) is 5.28. The van der Waals surface area contributed by atoms with Gasteiger partial charge in [0, 0.05) is 24.7 Å². The third-order valence-corrected chi connectivity index (χ3v) is 3.30. The molecule has 0 saturated heterocycles. The van der Waals surface area contributed by atoms with E-state index in [0.29, 0.717) is 17.7 Å². The Morgan fingerprint density at radius 2 is 1.88 bits per heavy atom. The Hall–Kier alpha value is -2.77. The predicted octanol–water partition coefficient (Wildman–Crippen LogP) is 2.79. The monoisotopic (exact) mass is 323 g/mol. The molecule has 124 valence electrons. The lowest BCUT2D eigenvalue weighted by Crippen LogP contribution is -2.26. The first-order valence-corrected chi connectivity index (χ1v) is 7.63. The lowest BCUT2D eigenvalue weighted by molar-refractivity contribution is 0.0785. The molecule has 4 nitrogen and oxygen atoms in total. The van der Waals surface area contributed by atoms with Crippen molar-refractivity contribution in [2.24, 2.45) is 0 Å². The first-order chi connectivity index (χ1) is 11.2. The fourth-order valence-electron chi connectivity index (χ4n) is 2.18. The highest BCUT2D eigenvalue weighted by Crippen LogP contribution is 2.14. The molecule has 0 spiro atoms. The normalized spacial score (nSPS) is 10.7. The maximum Gasteiger partial charge on any atom is 0.253 e. The van der Waals surface area contributed by atoms with Gasteiger partial charge in [0.2, 0.25) is 0 Å². The van der Waals surface area contributed by atoms with Gasteiger partial charge in [-0.2, -0.15) is 0 Å². The van der Waals surface area contributed by atoms with Crippen LogP contribution in [-0.2, 0) is 6.54 Å². The number of phenolic OH excluding ortho intramolecular Hbond substituents is 1. The second-order valence-corrected chi connectivity index (χ2v) is 6.22. The molecule has 0 aliphatic carbocycles. The van der Waals surface area contributed by atoms with Crippen LogP contribution in [0, 0.1) is 11.8 Å². The SMILES string of the molecule is CN(Cc1cccc(O)c1)C(=O)c1cccc(C#CC(C)(C)O)c1. The van der Waals surface area contributed by atoms with Gasteiger partial charge in [-0.15, -0.1) is 0 Å². The molecule has 0 atom stereocenters. The zero-order valence-electron chi connectivity index (χ0n) is 14.1. The average molecular weight is 323 g/mol. The van der Waals surface area contributed by atoms with E-state index in [2.05, 4.69) is 11.8 Å². The number of carbonyl (C=O) groups excluding carboxylic acids is 1. The summed E-state index contributed by atoms with van der Waals surface area (Å²) in [6.07, 6.45) is 0. The van der Waals surface area contributed by atoms with Crippen LogP contribution in [-0.4, -0.2) is 33.7 Å². The topological polar surface area (TPSA) is 60.8 Å². The third-order valence-electron chi connectivity index (χ3n) is 3.30. The molecule has 0 unspecified atom stereocenters. The number of benzene rings is 2. The molecule has 4 heteroatoms. The molecular weight excluding hydrogens is 302 g/mol. The predicted molar refractivity (Wildman–Crippen MR) is 93.5 cm³/mol. The van der Waals surface area contributed by atoms with Crippen molar-refractivity contribution in [3.63, 3.8) is 0 Å². The van der Waals surface area contributed by atoms with Crippen molar-refractivity contribution in [3.05, 3.63) is 65.2 Å². The van der Waals surface area contributed by atoms with Crippen LogP contribution in [0.15, 0.2) is 48.5 Å². The van der Waals surface area contributed by atoms with Crippen LogP contribution in [0.5, 0.6) is 5.75 Å². The van der Waals surface area contributed by atoms with Gasteiger partial charge in [0.15, 0.2) is 0 Å². The highest BCUT2D eigenvalue weighted by molar-refractivity contribution is 5.94. The molecule has 0 aliphatic heterocycles. The van der Waals surface area contributed by atoms with Gasteiger partial charge in [0.25, 0.3) is 5.91 Å². The van der Waals surface area contributed by atoms with E-state index in [1.165, 1.54) is 0 Å². The molecule has 2 rings (SSSR count). The number of rotatable bonds is 3. The van der Waals surface area contributed by atoms with Crippen molar-refractivity contribution < 1.29 is 15.0 Å². The summed E-state index contributed by atoms with van der Waals surface area (Å²) in [7, 11) is 1.71. The molecule has 24 heavy (non-hydrogen) atoms. The minimum absolute atomic E-state index is 0.134. The van der Waals surface area contributed by atoms with Crippen molar-refractivity contribution >= 4 is 5.91 Å². The molecule has 1 amide bonds. The maximum absolute atomic E-state index is 12.6. The van der Waals surface area contributed by atoms with E-state index in [9.17, 15) is 15.0 Å². The standard InChI is InChI=1S/C20H21NO3/c1-20(2,24)11-10-15-6-4-8-17(12-15)19(23)21(3)14-16-7-5-9-18(22)13-16/h4-9,12-13,22,24H,14H2,1-3H3. The fraction of sp³-hybridized carbons (Fsp3) is 0.250. The molecule has 2 N–H and O–H groups in total. The summed E-state index contributed by atoms with van der Waals surface area (Å²) in [5.41, 5.74) is 0.976. The van der Waals surface area contributed by atoms with Crippen molar-refractivity contribution in [1.82, 2.24) is 4.90 Å². The van der Waals surface area contributed by atoms with Gasteiger partial charge in [-0.1, -0.05) is 30.0 Å². The zero-order chi connectivity index (χ0) is 17.7. The van der Waals surface area contributed by atoms with Gasteiger partial charge in [-0.3, -0.25) is 4.79 Å². The molecule has 2 aromatic rings. The fourth-order valence-corrected chi connectivity index (χ4v) is 2.18. The molecule has 0 heterocycles. The quantitative estimate of drug-likeness (QED) is 0.854. The van der Waals surface area contributed by atoms with Crippen LogP contribution in [0.4, 0.5) is 0 Å². The Labute approximate surface area is 142 Å². The number of aromatic hydroxyl groups is 1. The number of phenols is 1. The molecule has 0 fully saturated rings. The van der Waals surface area contributed by atoms with Gasteiger partial charge in [-0.25, -0.2) is 0 Å². The van der Waals surface area contributed by atoms with Crippen LogP contribution in [0.3, 0.4) is 0 Å².